The first-order valence-electron chi connectivity index (χ1n) is 21.3. The van der Waals surface area contributed by atoms with E-state index in [1.54, 1.807) is 6.08 Å². The molecule has 0 aliphatic rings. The number of ether oxygens (including phenoxy) is 3. The molecule has 0 rings (SSSR count). The van der Waals surface area contributed by atoms with Crippen molar-refractivity contribution < 1.29 is 28.6 Å². The Morgan fingerprint density at radius 3 is 1.35 bits per heavy atom. The Morgan fingerprint density at radius 1 is 0.423 bits per heavy atom. The zero-order valence-electron chi connectivity index (χ0n) is 33.8. The molecular formula is C46H78O6. The Morgan fingerprint density at radius 2 is 0.827 bits per heavy atom. The van der Waals surface area contributed by atoms with Gasteiger partial charge < -0.3 is 14.2 Å². The summed E-state index contributed by atoms with van der Waals surface area (Å²) in [6.07, 6.45) is 48.1. The molecule has 0 radical (unpaired) electrons. The van der Waals surface area contributed by atoms with Crippen molar-refractivity contribution in [3.05, 3.63) is 60.8 Å². The van der Waals surface area contributed by atoms with Gasteiger partial charge in [-0.1, -0.05) is 178 Å². The number of carbonyl (C=O) groups is 3. The number of rotatable bonds is 37. The molecule has 6 heteroatoms. The highest BCUT2D eigenvalue weighted by atomic mass is 16.6. The maximum atomic E-state index is 12.6. The lowest BCUT2D eigenvalue weighted by atomic mass is 10.1. The number of unbranched alkanes of at least 4 members (excludes halogenated alkanes) is 17. The van der Waals surface area contributed by atoms with Gasteiger partial charge in [0.1, 0.15) is 13.2 Å². The third-order valence-electron chi connectivity index (χ3n) is 8.80. The number of hydrogen-bond acceptors (Lipinski definition) is 6. The molecule has 1 unspecified atom stereocenters. The number of allylic oxidation sites excluding steroid dienone is 9. The van der Waals surface area contributed by atoms with Gasteiger partial charge in [-0.15, -0.1) is 0 Å². The fourth-order valence-electron chi connectivity index (χ4n) is 5.66. The summed E-state index contributed by atoms with van der Waals surface area (Å²) >= 11 is 0. The molecule has 0 N–H and O–H groups in total. The second kappa shape index (κ2) is 40.9. The van der Waals surface area contributed by atoms with Crippen molar-refractivity contribution in [1.82, 2.24) is 0 Å². The molecular weight excluding hydrogens is 649 g/mol. The van der Waals surface area contributed by atoms with E-state index in [4.69, 9.17) is 14.2 Å². The normalized spacial score (nSPS) is 12.6. The lowest BCUT2D eigenvalue weighted by Gasteiger charge is -2.18. The first-order chi connectivity index (χ1) is 25.5. The Labute approximate surface area is 320 Å². The molecule has 6 nitrogen and oxygen atoms in total. The molecule has 0 aromatic carbocycles. The van der Waals surface area contributed by atoms with E-state index in [-0.39, 0.29) is 31.6 Å². The van der Waals surface area contributed by atoms with Crippen LogP contribution in [0.3, 0.4) is 0 Å². The van der Waals surface area contributed by atoms with Crippen LogP contribution in [0.1, 0.15) is 194 Å². The maximum absolute atomic E-state index is 12.6. The van der Waals surface area contributed by atoms with E-state index in [1.807, 2.05) is 6.08 Å². The van der Waals surface area contributed by atoms with E-state index >= 15 is 0 Å². The summed E-state index contributed by atoms with van der Waals surface area (Å²) in [6, 6.07) is 0. The summed E-state index contributed by atoms with van der Waals surface area (Å²) in [7, 11) is 0. The van der Waals surface area contributed by atoms with E-state index in [9.17, 15) is 14.4 Å². The molecule has 0 saturated carbocycles. The molecule has 0 fully saturated rings. The fraction of sp³-hybridized carbons (Fsp3) is 0.717. The summed E-state index contributed by atoms with van der Waals surface area (Å²) in [5.74, 6) is -1.05. The van der Waals surface area contributed by atoms with Gasteiger partial charge in [-0.25, -0.2) is 0 Å². The van der Waals surface area contributed by atoms with Crippen molar-refractivity contribution >= 4 is 17.9 Å². The molecule has 0 aromatic heterocycles. The van der Waals surface area contributed by atoms with Gasteiger partial charge in [-0.05, 0) is 57.8 Å². The van der Waals surface area contributed by atoms with Gasteiger partial charge in [0.15, 0.2) is 6.10 Å². The SMILES string of the molecule is CC/C=C\C/C=C\C/C=C\CC(=O)OCC(COC(=O)CCCCCCCCC/C=C\C/C=C\CC)OC(=O)CCCCCCCCCCCCC. The highest BCUT2D eigenvalue weighted by Gasteiger charge is 2.19. The lowest BCUT2D eigenvalue weighted by Crippen LogP contribution is -2.30. The molecule has 0 spiro atoms. The van der Waals surface area contributed by atoms with Gasteiger partial charge in [0.25, 0.3) is 0 Å². The minimum absolute atomic E-state index is 0.105. The number of esters is 3. The van der Waals surface area contributed by atoms with Crippen LogP contribution in [0.25, 0.3) is 0 Å². The van der Waals surface area contributed by atoms with Crippen molar-refractivity contribution in [3.8, 4) is 0 Å². The standard InChI is InChI=1S/C46H78O6/c1-4-7-10-13-16-19-21-22-23-25-27-30-33-36-39-45(48)51-42-43(41-50-44(47)38-35-32-29-26-18-15-12-9-6-3)52-46(49)40-37-34-31-28-24-20-17-14-11-8-5-2/h7,9-10,12,16,18-19,26,32,35,43H,4-6,8,11,13-15,17,20-25,27-31,33-34,36-42H2,1-3H3/b10-7-,12-9-,19-16-,26-18-,35-32-. The molecule has 0 aliphatic heterocycles. The van der Waals surface area contributed by atoms with Crippen LogP contribution in [0.5, 0.6) is 0 Å². The Bertz CT molecular complexity index is 975. The number of carbonyl (C=O) groups excluding carboxylic acids is 3. The molecule has 298 valence electrons. The van der Waals surface area contributed by atoms with Crippen molar-refractivity contribution in [2.45, 2.75) is 200 Å². The van der Waals surface area contributed by atoms with E-state index in [0.29, 0.717) is 12.8 Å². The van der Waals surface area contributed by atoms with Gasteiger partial charge in [0, 0.05) is 12.8 Å². The highest BCUT2D eigenvalue weighted by Crippen LogP contribution is 2.14. The maximum Gasteiger partial charge on any atom is 0.309 e. The van der Waals surface area contributed by atoms with Gasteiger partial charge in [0.05, 0.1) is 6.42 Å². The second-order valence-corrected chi connectivity index (χ2v) is 13.9. The van der Waals surface area contributed by atoms with Gasteiger partial charge in [0.2, 0.25) is 0 Å². The molecule has 1 atom stereocenters. The van der Waals surface area contributed by atoms with E-state index in [2.05, 4.69) is 69.4 Å². The van der Waals surface area contributed by atoms with Crippen LogP contribution in [0, 0.1) is 0 Å². The van der Waals surface area contributed by atoms with Crippen LogP contribution < -0.4 is 0 Å². The van der Waals surface area contributed by atoms with Crippen LogP contribution in [0.15, 0.2) is 60.8 Å². The Hall–Kier alpha value is -2.89. The topological polar surface area (TPSA) is 78.9 Å². The molecule has 0 aliphatic carbocycles. The van der Waals surface area contributed by atoms with Gasteiger partial charge in [-0.3, -0.25) is 14.4 Å². The Kier molecular flexibility index (Phi) is 38.6. The largest absolute Gasteiger partial charge is 0.462 e. The zero-order chi connectivity index (χ0) is 38.0. The smallest absolute Gasteiger partial charge is 0.309 e. The van der Waals surface area contributed by atoms with Crippen molar-refractivity contribution in [3.63, 3.8) is 0 Å². The average Bonchev–Trinajstić information content (AvgIpc) is 3.14. The highest BCUT2D eigenvalue weighted by molar-refractivity contribution is 5.72. The monoisotopic (exact) mass is 727 g/mol. The molecule has 0 bridgehead atoms. The van der Waals surface area contributed by atoms with Crippen LogP contribution in [0.2, 0.25) is 0 Å². The predicted octanol–water partition coefficient (Wildman–Crippen LogP) is 13.4. The molecule has 0 amide bonds. The van der Waals surface area contributed by atoms with Crippen molar-refractivity contribution in [2.24, 2.45) is 0 Å². The first-order valence-corrected chi connectivity index (χ1v) is 21.3. The molecule has 0 heterocycles. The van der Waals surface area contributed by atoms with Crippen LogP contribution in [-0.2, 0) is 28.6 Å². The third-order valence-corrected chi connectivity index (χ3v) is 8.80. The summed E-state index contributed by atoms with van der Waals surface area (Å²) in [4.78, 5) is 37.5. The quantitative estimate of drug-likeness (QED) is 0.0274. The van der Waals surface area contributed by atoms with Crippen LogP contribution >= 0.6 is 0 Å². The number of hydrogen-bond donors (Lipinski definition) is 0. The van der Waals surface area contributed by atoms with E-state index in [1.165, 1.54) is 77.0 Å². The van der Waals surface area contributed by atoms with Gasteiger partial charge >= 0.3 is 17.9 Å². The zero-order valence-corrected chi connectivity index (χ0v) is 33.8. The molecule has 0 saturated heterocycles. The average molecular weight is 727 g/mol. The van der Waals surface area contributed by atoms with E-state index in [0.717, 1.165) is 77.0 Å². The first kappa shape index (κ1) is 49.1. The minimum Gasteiger partial charge on any atom is -0.462 e. The minimum atomic E-state index is -0.807. The third kappa shape index (κ3) is 38.3. The predicted molar refractivity (Wildman–Crippen MR) is 219 cm³/mol. The van der Waals surface area contributed by atoms with Crippen LogP contribution in [0.4, 0.5) is 0 Å². The van der Waals surface area contributed by atoms with E-state index < -0.39 is 12.1 Å². The van der Waals surface area contributed by atoms with Crippen LogP contribution in [-0.4, -0.2) is 37.2 Å². The molecule has 52 heavy (non-hydrogen) atoms. The summed E-state index contributed by atoms with van der Waals surface area (Å²) in [5, 5.41) is 0. The summed E-state index contributed by atoms with van der Waals surface area (Å²) < 4.78 is 16.5. The lowest BCUT2D eigenvalue weighted by molar-refractivity contribution is -0.166. The van der Waals surface area contributed by atoms with Gasteiger partial charge in [-0.2, -0.15) is 0 Å². The second-order valence-electron chi connectivity index (χ2n) is 13.9. The van der Waals surface area contributed by atoms with Crippen molar-refractivity contribution in [1.29, 1.82) is 0 Å². The fourth-order valence-corrected chi connectivity index (χ4v) is 5.66. The summed E-state index contributed by atoms with van der Waals surface area (Å²) in [5.41, 5.74) is 0. The summed E-state index contributed by atoms with van der Waals surface area (Å²) in [6.45, 7) is 6.28. The molecule has 0 aromatic rings. The van der Waals surface area contributed by atoms with Crippen molar-refractivity contribution in [2.75, 3.05) is 13.2 Å². The Balaban J connectivity index is 4.43.